The molecule has 1 fully saturated rings. The number of likely N-dealkylation sites (tertiary alicyclic amines) is 1. The van der Waals surface area contributed by atoms with Crippen molar-refractivity contribution in [2.75, 3.05) is 13.1 Å². The third-order valence-electron chi connectivity index (χ3n) is 5.42. The van der Waals surface area contributed by atoms with E-state index >= 15 is 0 Å². The second-order valence-corrected chi connectivity index (χ2v) is 10.4. The van der Waals surface area contributed by atoms with E-state index in [0.29, 0.717) is 43.3 Å². The molecule has 0 aliphatic carbocycles. The van der Waals surface area contributed by atoms with Gasteiger partial charge in [-0.1, -0.05) is 52.5 Å². The summed E-state index contributed by atoms with van der Waals surface area (Å²) in [6.45, 7) is 3.06. The molecule has 0 bridgehead atoms. The van der Waals surface area contributed by atoms with E-state index in [0.717, 1.165) is 5.56 Å². The molecule has 4 rings (SSSR count). The number of carbonyl (C=O) groups is 1. The predicted octanol–water partition coefficient (Wildman–Crippen LogP) is 7.08. The van der Waals surface area contributed by atoms with Gasteiger partial charge in [0.15, 0.2) is 0 Å². The minimum absolute atomic E-state index is 0.0223. The summed E-state index contributed by atoms with van der Waals surface area (Å²) in [4.78, 5) is 19.8. The Bertz CT molecular complexity index is 1090. The summed E-state index contributed by atoms with van der Waals surface area (Å²) in [5.41, 5.74) is 1.01. The van der Waals surface area contributed by atoms with Crippen LogP contribution in [0.5, 0.6) is 5.88 Å². The average molecular weight is 516 g/mol. The van der Waals surface area contributed by atoms with Crippen LogP contribution in [0.1, 0.15) is 28.1 Å². The molecule has 3 atom stereocenters. The van der Waals surface area contributed by atoms with E-state index in [4.69, 9.17) is 51.1 Å². The molecule has 2 aromatic heterocycles. The molecular formula is C22H18Cl4N2O2S. The van der Waals surface area contributed by atoms with E-state index in [1.54, 1.807) is 36.5 Å². The molecule has 162 valence electrons. The van der Waals surface area contributed by atoms with Crippen LogP contribution in [0.4, 0.5) is 0 Å². The van der Waals surface area contributed by atoms with Gasteiger partial charge in [-0.3, -0.25) is 4.79 Å². The maximum Gasteiger partial charge on any atom is 0.264 e. The van der Waals surface area contributed by atoms with Gasteiger partial charge in [-0.25, -0.2) is 4.98 Å². The third-order valence-corrected chi connectivity index (χ3v) is 7.60. The summed E-state index contributed by atoms with van der Waals surface area (Å²) >= 11 is 25.6. The topological polar surface area (TPSA) is 42.4 Å². The Balaban J connectivity index is 1.60. The molecule has 0 radical (unpaired) electrons. The first-order chi connectivity index (χ1) is 14.8. The van der Waals surface area contributed by atoms with Gasteiger partial charge < -0.3 is 9.64 Å². The van der Waals surface area contributed by atoms with Crippen LogP contribution >= 0.6 is 57.7 Å². The molecule has 31 heavy (non-hydrogen) atoms. The molecule has 0 spiro atoms. The lowest BCUT2D eigenvalue weighted by molar-refractivity contribution is 0.0774. The molecule has 1 aliphatic rings. The number of benzene rings is 1. The summed E-state index contributed by atoms with van der Waals surface area (Å²) in [5.74, 6) is 0.492. The highest BCUT2D eigenvalue weighted by Crippen LogP contribution is 2.39. The van der Waals surface area contributed by atoms with Crippen molar-refractivity contribution in [2.24, 2.45) is 5.92 Å². The summed E-state index contributed by atoms with van der Waals surface area (Å²) in [7, 11) is 0. The number of nitrogens with zero attached hydrogens (tertiary/aromatic N) is 2. The Morgan fingerprint density at radius 1 is 1.10 bits per heavy atom. The number of amides is 1. The Labute approximate surface area is 204 Å². The fraction of sp³-hybridized carbons (Fsp3) is 0.273. The molecule has 4 nitrogen and oxygen atoms in total. The number of ether oxygens (including phenoxy) is 1. The Morgan fingerprint density at radius 2 is 1.90 bits per heavy atom. The zero-order chi connectivity index (χ0) is 22.1. The van der Waals surface area contributed by atoms with Gasteiger partial charge in [-0.15, -0.1) is 11.3 Å². The molecule has 1 aromatic carbocycles. The van der Waals surface area contributed by atoms with Crippen LogP contribution < -0.4 is 4.74 Å². The molecule has 1 aliphatic heterocycles. The van der Waals surface area contributed by atoms with Crippen LogP contribution in [0.15, 0.2) is 48.7 Å². The summed E-state index contributed by atoms with van der Waals surface area (Å²) in [6, 6.07) is 12.6. The zero-order valence-corrected chi connectivity index (χ0v) is 20.2. The third kappa shape index (κ3) is 5.12. The van der Waals surface area contributed by atoms with Gasteiger partial charge in [-0.2, -0.15) is 0 Å². The highest BCUT2D eigenvalue weighted by molar-refractivity contribution is 7.17. The van der Waals surface area contributed by atoms with Crippen molar-refractivity contribution in [3.8, 4) is 5.88 Å². The molecule has 1 amide bonds. The van der Waals surface area contributed by atoms with Gasteiger partial charge in [0.2, 0.25) is 5.88 Å². The van der Waals surface area contributed by atoms with Crippen molar-refractivity contribution in [1.82, 2.24) is 9.88 Å². The van der Waals surface area contributed by atoms with Gasteiger partial charge in [0.05, 0.1) is 24.3 Å². The monoisotopic (exact) mass is 514 g/mol. The van der Waals surface area contributed by atoms with Crippen molar-refractivity contribution < 1.29 is 9.53 Å². The van der Waals surface area contributed by atoms with Gasteiger partial charge in [0.1, 0.15) is 6.10 Å². The van der Waals surface area contributed by atoms with E-state index in [1.165, 1.54) is 11.3 Å². The van der Waals surface area contributed by atoms with Gasteiger partial charge in [0.25, 0.3) is 5.91 Å². The van der Waals surface area contributed by atoms with Crippen LogP contribution in [-0.4, -0.2) is 35.0 Å². The highest BCUT2D eigenvalue weighted by atomic mass is 35.5. The molecule has 3 heterocycles. The summed E-state index contributed by atoms with van der Waals surface area (Å²) in [5, 5.41) is 1.53. The Kier molecular flexibility index (Phi) is 6.99. The first kappa shape index (κ1) is 22.7. The van der Waals surface area contributed by atoms with Gasteiger partial charge in [0, 0.05) is 37.2 Å². The number of pyridine rings is 1. The van der Waals surface area contributed by atoms with E-state index in [2.05, 4.69) is 4.98 Å². The first-order valence-electron chi connectivity index (χ1n) is 9.59. The zero-order valence-electron chi connectivity index (χ0n) is 16.4. The smallest absolute Gasteiger partial charge is 0.264 e. The molecule has 9 heteroatoms. The second kappa shape index (κ2) is 9.55. The fourth-order valence-electron chi connectivity index (χ4n) is 3.86. The molecule has 0 N–H and O–H groups in total. The number of aromatic nitrogens is 1. The van der Waals surface area contributed by atoms with Gasteiger partial charge in [-0.05, 0) is 42.8 Å². The van der Waals surface area contributed by atoms with Crippen molar-refractivity contribution >= 4 is 63.6 Å². The predicted molar refractivity (Wildman–Crippen MR) is 127 cm³/mol. The van der Waals surface area contributed by atoms with Crippen molar-refractivity contribution in [1.29, 1.82) is 0 Å². The molecule has 0 unspecified atom stereocenters. The number of hydrogen-bond acceptors (Lipinski definition) is 4. The molecule has 3 aromatic rings. The van der Waals surface area contributed by atoms with E-state index < -0.39 is 0 Å². The van der Waals surface area contributed by atoms with Crippen molar-refractivity contribution in [3.63, 3.8) is 0 Å². The second-order valence-electron chi connectivity index (χ2n) is 7.40. The van der Waals surface area contributed by atoms with Gasteiger partial charge >= 0.3 is 0 Å². The lowest BCUT2D eigenvalue weighted by Crippen LogP contribution is -2.32. The number of hydrogen-bond donors (Lipinski definition) is 0. The van der Waals surface area contributed by atoms with E-state index in [9.17, 15) is 4.79 Å². The maximum atomic E-state index is 13.1. The van der Waals surface area contributed by atoms with E-state index in [-0.39, 0.29) is 23.8 Å². The van der Waals surface area contributed by atoms with Crippen LogP contribution in [0.3, 0.4) is 0 Å². The normalized spacial score (nSPS) is 19.5. The number of halogens is 4. The summed E-state index contributed by atoms with van der Waals surface area (Å²) < 4.78 is 6.70. The molecule has 0 saturated carbocycles. The lowest BCUT2D eigenvalue weighted by Gasteiger charge is -2.25. The minimum atomic E-state index is -0.210. The van der Waals surface area contributed by atoms with Crippen LogP contribution in [0.25, 0.3) is 0 Å². The molecule has 1 saturated heterocycles. The number of rotatable bonds is 5. The average Bonchev–Trinajstić information content (AvgIpc) is 3.38. The van der Waals surface area contributed by atoms with E-state index in [1.807, 2.05) is 24.0 Å². The standard InChI is InChI=1S/C22H18Cl4N2O2S/c1-12(30-21-7-3-14(23)9-27-21)15-10-28(22(29)19-5-6-20(26)31-19)11-16(15)13-2-4-17(24)18(25)8-13/h2-9,12,15-16H,10-11H2,1H3/t12-,15-,16+/m0/s1. The van der Waals surface area contributed by atoms with Crippen LogP contribution in [0.2, 0.25) is 19.4 Å². The quantitative estimate of drug-likeness (QED) is 0.364. The lowest BCUT2D eigenvalue weighted by atomic mass is 9.86. The number of thiophene rings is 1. The fourth-order valence-corrected chi connectivity index (χ4v) is 5.29. The van der Waals surface area contributed by atoms with Crippen LogP contribution in [-0.2, 0) is 0 Å². The minimum Gasteiger partial charge on any atom is -0.474 e. The molecular weight excluding hydrogens is 498 g/mol. The first-order valence-corrected chi connectivity index (χ1v) is 11.9. The SMILES string of the molecule is C[C@H](Oc1ccc(Cl)cn1)[C@@H]1CN(C(=O)c2ccc(Cl)s2)C[C@@H]1c1ccc(Cl)c(Cl)c1. The Morgan fingerprint density at radius 3 is 2.55 bits per heavy atom. The van der Waals surface area contributed by atoms with Crippen LogP contribution in [0, 0.1) is 5.92 Å². The van der Waals surface area contributed by atoms with Crippen molar-refractivity contribution in [3.05, 3.63) is 78.5 Å². The highest BCUT2D eigenvalue weighted by Gasteiger charge is 2.40. The maximum absolute atomic E-state index is 13.1. The van der Waals surface area contributed by atoms with Crippen molar-refractivity contribution in [2.45, 2.75) is 18.9 Å². The summed E-state index contributed by atoms with van der Waals surface area (Å²) in [6.07, 6.45) is 1.34. The Hall–Kier alpha value is -1.50. The number of carbonyl (C=O) groups excluding carboxylic acids is 1. The largest absolute Gasteiger partial charge is 0.474 e.